The van der Waals surface area contributed by atoms with E-state index >= 15 is 0 Å². The minimum Gasteiger partial charge on any atom is -0.416 e. The predicted molar refractivity (Wildman–Crippen MR) is 62.4 cm³/mol. The fourth-order valence-electron chi connectivity index (χ4n) is 1.34. The predicted octanol–water partition coefficient (Wildman–Crippen LogP) is 3.83. The smallest absolute Gasteiger partial charge is 0.345 e. The van der Waals surface area contributed by atoms with E-state index in [1.165, 1.54) is 0 Å². The van der Waals surface area contributed by atoms with Crippen LogP contribution in [0.3, 0.4) is 0 Å². The molecule has 0 unspecified atom stereocenters. The van der Waals surface area contributed by atoms with Crippen LogP contribution in [-0.2, 0) is 0 Å². The first kappa shape index (κ1) is 15.2. The van der Waals surface area contributed by atoms with Crippen molar-refractivity contribution in [2.24, 2.45) is 0 Å². The SMILES string of the molecule is O=C(Oc1c(F)c(F)cc(F)c1F)c1ccc(SF)nc1. The Balaban J connectivity index is 2.31. The van der Waals surface area contributed by atoms with Crippen LogP contribution >= 0.6 is 12.1 Å². The van der Waals surface area contributed by atoms with Crippen molar-refractivity contribution in [1.82, 2.24) is 4.98 Å². The van der Waals surface area contributed by atoms with Gasteiger partial charge in [-0.3, -0.25) is 0 Å². The Hall–Kier alpha value is -2.16. The zero-order valence-electron chi connectivity index (χ0n) is 9.87. The summed E-state index contributed by atoms with van der Waals surface area (Å²) < 4.78 is 68.9. The van der Waals surface area contributed by atoms with E-state index in [2.05, 4.69) is 9.72 Å². The highest BCUT2D eigenvalue weighted by Crippen LogP contribution is 2.27. The van der Waals surface area contributed by atoms with E-state index in [0.29, 0.717) is 0 Å². The first-order chi connectivity index (χ1) is 9.93. The number of aromatic nitrogens is 1. The van der Waals surface area contributed by atoms with E-state index in [0.717, 1.165) is 18.3 Å². The van der Waals surface area contributed by atoms with Crippen LogP contribution in [0.1, 0.15) is 10.4 Å². The Kier molecular flexibility index (Phi) is 4.41. The lowest BCUT2D eigenvalue weighted by Crippen LogP contribution is -2.12. The maximum atomic E-state index is 13.3. The van der Waals surface area contributed by atoms with Gasteiger partial charge in [-0.05, 0) is 12.1 Å². The van der Waals surface area contributed by atoms with Crippen molar-refractivity contribution in [3.63, 3.8) is 0 Å². The summed E-state index contributed by atoms with van der Waals surface area (Å²) in [6.07, 6.45) is 0.885. The molecule has 0 saturated heterocycles. The summed E-state index contributed by atoms with van der Waals surface area (Å²) in [6.45, 7) is 0. The number of carbonyl (C=O) groups is 1. The van der Waals surface area contributed by atoms with Crippen molar-refractivity contribution >= 4 is 18.1 Å². The zero-order valence-corrected chi connectivity index (χ0v) is 10.7. The molecule has 0 spiro atoms. The lowest BCUT2D eigenvalue weighted by Gasteiger charge is -2.07. The number of rotatable bonds is 3. The lowest BCUT2D eigenvalue weighted by atomic mass is 10.2. The van der Waals surface area contributed by atoms with Gasteiger partial charge in [-0.1, -0.05) is 0 Å². The average molecular weight is 321 g/mol. The van der Waals surface area contributed by atoms with E-state index in [1.807, 2.05) is 0 Å². The van der Waals surface area contributed by atoms with Crippen LogP contribution < -0.4 is 4.74 Å². The number of nitrogens with zero attached hydrogens (tertiary/aromatic N) is 1. The molecule has 0 aliphatic rings. The van der Waals surface area contributed by atoms with Crippen LogP contribution in [0.5, 0.6) is 5.75 Å². The van der Waals surface area contributed by atoms with E-state index in [4.69, 9.17) is 0 Å². The highest BCUT2D eigenvalue weighted by Gasteiger charge is 2.23. The van der Waals surface area contributed by atoms with Crippen LogP contribution in [0.25, 0.3) is 0 Å². The molecule has 0 N–H and O–H groups in total. The highest BCUT2D eigenvalue weighted by molar-refractivity contribution is 7.94. The molecule has 21 heavy (non-hydrogen) atoms. The molecule has 0 atom stereocenters. The summed E-state index contributed by atoms with van der Waals surface area (Å²) in [5, 5.41) is -0.0549. The molecule has 0 radical (unpaired) electrons. The molecule has 0 amide bonds. The monoisotopic (exact) mass is 321 g/mol. The molecule has 3 nitrogen and oxygen atoms in total. The molecular formula is C12H4F5NO2S. The quantitative estimate of drug-likeness (QED) is 0.373. The largest absolute Gasteiger partial charge is 0.416 e. The number of benzene rings is 1. The first-order valence-corrected chi connectivity index (χ1v) is 5.95. The minimum atomic E-state index is -1.84. The van der Waals surface area contributed by atoms with Gasteiger partial charge in [-0.2, -0.15) is 12.7 Å². The van der Waals surface area contributed by atoms with Gasteiger partial charge in [0.1, 0.15) is 17.2 Å². The second-order valence-electron chi connectivity index (χ2n) is 3.65. The topological polar surface area (TPSA) is 39.2 Å². The van der Waals surface area contributed by atoms with Gasteiger partial charge in [0.25, 0.3) is 0 Å². The van der Waals surface area contributed by atoms with E-state index in [9.17, 15) is 26.2 Å². The highest BCUT2D eigenvalue weighted by atomic mass is 32.2. The zero-order chi connectivity index (χ0) is 15.6. The van der Waals surface area contributed by atoms with Crippen LogP contribution in [-0.4, -0.2) is 11.0 Å². The number of esters is 1. The van der Waals surface area contributed by atoms with E-state index in [-0.39, 0.29) is 28.8 Å². The van der Waals surface area contributed by atoms with Gasteiger partial charge in [-0.25, -0.2) is 18.6 Å². The van der Waals surface area contributed by atoms with Crippen molar-refractivity contribution in [2.45, 2.75) is 5.03 Å². The Bertz CT molecular complexity index is 667. The fourth-order valence-corrected chi connectivity index (χ4v) is 1.55. The number of pyridine rings is 1. The summed E-state index contributed by atoms with van der Waals surface area (Å²) in [6, 6.07) is 2.17. The molecule has 9 heteroatoms. The number of carbonyl (C=O) groups excluding carboxylic acids is 1. The van der Waals surface area contributed by atoms with E-state index in [1.54, 1.807) is 0 Å². The lowest BCUT2D eigenvalue weighted by molar-refractivity contribution is 0.0716. The first-order valence-electron chi connectivity index (χ1n) is 5.24. The second-order valence-corrected chi connectivity index (χ2v) is 4.22. The third-order valence-electron chi connectivity index (χ3n) is 2.32. The van der Waals surface area contributed by atoms with Crippen LogP contribution in [0.15, 0.2) is 29.4 Å². The molecule has 1 aromatic heterocycles. The van der Waals surface area contributed by atoms with Crippen molar-refractivity contribution in [2.75, 3.05) is 0 Å². The number of halogens is 5. The maximum Gasteiger partial charge on any atom is 0.345 e. The van der Waals surface area contributed by atoms with Gasteiger partial charge in [0.2, 0.25) is 17.4 Å². The van der Waals surface area contributed by atoms with Crippen LogP contribution in [0.2, 0.25) is 0 Å². The molecule has 1 heterocycles. The molecule has 0 aliphatic carbocycles. The molecule has 0 aliphatic heterocycles. The molecule has 0 fully saturated rings. The van der Waals surface area contributed by atoms with Gasteiger partial charge in [0, 0.05) is 12.3 Å². The van der Waals surface area contributed by atoms with Crippen molar-refractivity contribution in [3.05, 3.63) is 53.2 Å². The Labute approximate surface area is 119 Å². The molecule has 0 saturated carbocycles. The van der Waals surface area contributed by atoms with Crippen molar-refractivity contribution in [3.8, 4) is 5.75 Å². The standard InChI is InChI=1S/C12H4F5NO2S/c13-6-3-7(14)10(16)11(9(6)15)20-12(19)5-1-2-8(21-17)18-4-5/h1-4H. The number of hydrogen-bond acceptors (Lipinski definition) is 4. The maximum absolute atomic E-state index is 13.3. The summed E-state index contributed by atoms with van der Waals surface area (Å²) >= 11 is -0.180. The van der Waals surface area contributed by atoms with Gasteiger partial charge in [-0.15, -0.1) is 0 Å². The third kappa shape index (κ3) is 3.13. The van der Waals surface area contributed by atoms with E-state index < -0.39 is 35.0 Å². The second kappa shape index (κ2) is 6.08. The van der Waals surface area contributed by atoms with Gasteiger partial charge in [0.15, 0.2) is 11.6 Å². The number of ether oxygens (including phenoxy) is 1. The molecule has 2 rings (SSSR count). The summed E-state index contributed by atoms with van der Waals surface area (Å²) in [4.78, 5) is 15.1. The Morgan fingerprint density at radius 3 is 2.19 bits per heavy atom. The molecule has 0 bridgehead atoms. The normalized spacial score (nSPS) is 10.5. The summed E-state index contributed by atoms with van der Waals surface area (Å²) in [5.41, 5.74) is -0.281. The third-order valence-corrected chi connectivity index (χ3v) is 2.72. The van der Waals surface area contributed by atoms with Crippen LogP contribution in [0, 0.1) is 23.3 Å². The summed E-state index contributed by atoms with van der Waals surface area (Å²) in [7, 11) is 0. The fraction of sp³-hybridized carbons (Fsp3) is 0. The molecule has 110 valence electrons. The van der Waals surface area contributed by atoms with Crippen molar-refractivity contribution < 1.29 is 31.0 Å². The Morgan fingerprint density at radius 2 is 1.71 bits per heavy atom. The van der Waals surface area contributed by atoms with Gasteiger partial charge in [0.05, 0.1) is 5.56 Å². The van der Waals surface area contributed by atoms with Crippen LogP contribution in [0.4, 0.5) is 21.4 Å². The number of hydrogen-bond donors (Lipinski definition) is 0. The molecule has 2 aromatic rings. The molecular weight excluding hydrogens is 317 g/mol. The van der Waals surface area contributed by atoms with Crippen molar-refractivity contribution in [1.29, 1.82) is 0 Å². The molecule has 1 aromatic carbocycles. The van der Waals surface area contributed by atoms with Gasteiger partial charge < -0.3 is 4.74 Å². The Morgan fingerprint density at radius 1 is 1.10 bits per heavy atom. The van der Waals surface area contributed by atoms with Gasteiger partial charge >= 0.3 is 5.97 Å². The minimum absolute atomic E-state index is 0.0170. The average Bonchev–Trinajstić information content (AvgIpc) is 2.49. The summed E-state index contributed by atoms with van der Waals surface area (Å²) in [5.74, 6) is -9.91.